The number of carbonyl (C=O) groups is 1. The predicted molar refractivity (Wildman–Crippen MR) is 71.2 cm³/mol. The van der Waals surface area contributed by atoms with E-state index < -0.39 is 5.38 Å². The largest absolute Gasteiger partial charge is 0.479 e. The maximum atomic E-state index is 11.8. The van der Waals surface area contributed by atoms with Crippen molar-refractivity contribution in [3.05, 3.63) is 35.9 Å². The second kappa shape index (κ2) is 7.78. The fraction of sp³-hybridized carbons (Fsp3) is 0.286. The van der Waals surface area contributed by atoms with E-state index in [0.717, 1.165) is 5.56 Å². The molecule has 1 atom stereocenters. The summed E-state index contributed by atoms with van der Waals surface area (Å²) in [6.07, 6.45) is 3.53. The number of rotatable bonds is 3. The van der Waals surface area contributed by atoms with Crippen molar-refractivity contribution in [1.29, 1.82) is 5.26 Å². The molecular formula is C14H12ClN2O2Y-. The summed E-state index contributed by atoms with van der Waals surface area (Å²) in [6.45, 7) is 0.0144. The summed E-state index contributed by atoms with van der Waals surface area (Å²) in [5.74, 6) is 0.492. The number of nitriles is 1. The monoisotopic (exact) mass is 364 g/mol. The van der Waals surface area contributed by atoms with Gasteiger partial charge in [0.25, 0.3) is 0 Å². The average Bonchev–Trinajstić information content (AvgIpc) is 2.44. The first kappa shape index (κ1) is 17.2. The molecule has 0 spiro atoms. The van der Waals surface area contributed by atoms with Crippen LogP contribution in [0.5, 0.6) is 5.75 Å². The molecule has 1 unspecified atom stereocenters. The molecule has 1 radical (unpaired) electrons. The molecule has 0 bridgehead atoms. The molecule has 1 aliphatic heterocycles. The van der Waals surface area contributed by atoms with E-state index >= 15 is 0 Å². The van der Waals surface area contributed by atoms with Crippen LogP contribution in [-0.4, -0.2) is 29.8 Å². The maximum Gasteiger partial charge on any atom is 0.240 e. The van der Waals surface area contributed by atoms with E-state index in [1.165, 1.54) is 4.90 Å². The second-order valence-electron chi connectivity index (χ2n) is 4.07. The van der Waals surface area contributed by atoms with Gasteiger partial charge >= 0.3 is 0 Å². The third kappa shape index (κ3) is 3.82. The Morgan fingerprint density at radius 2 is 2.15 bits per heavy atom. The van der Waals surface area contributed by atoms with Crippen LogP contribution >= 0.6 is 11.6 Å². The minimum Gasteiger partial charge on any atom is -0.479 e. The molecule has 101 valence electrons. The summed E-state index contributed by atoms with van der Waals surface area (Å²) in [4.78, 5) is 13.3. The van der Waals surface area contributed by atoms with Gasteiger partial charge in [0.1, 0.15) is 17.2 Å². The van der Waals surface area contributed by atoms with Gasteiger partial charge in [-0.25, -0.2) is 6.08 Å². The van der Waals surface area contributed by atoms with Crippen LogP contribution in [0, 0.1) is 17.4 Å². The molecule has 6 heteroatoms. The minimum absolute atomic E-state index is 0. The number of halogens is 1. The van der Waals surface area contributed by atoms with Gasteiger partial charge in [0.2, 0.25) is 5.91 Å². The Kier molecular flexibility index (Phi) is 6.68. The Morgan fingerprint density at radius 1 is 1.50 bits per heavy atom. The van der Waals surface area contributed by atoms with E-state index in [9.17, 15) is 4.79 Å². The van der Waals surface area contributed by atoms with E-state index in [1.54, 1.807) is 19.2 Å². The van der Waals surface area contributed by atoms with Crippen molar-refractivity contribution < 1.29 is 42.2 Å². The molecule has 0 N–H and O–H groups in total. The molecular weight excluding hydrogens is 353 g/mol. The van der Waals surface area contributed by atoms with Crippen molar-refractivity contribution >= 4 is 23.2 Å². The van der Waals surface area contributed by atoms with Gasteiger partial charge in [0.05, 0.1) is 0 Å². The Morgan fingerprint density at radius 3 is 2.75 bits per heavy atom. The second-order valence-corrected chi connectivity index (χ2v) is 4.59. The van der Waals surface area contributed by atoms with Gasteiger partial charge < -0.3 is 9.64 Å². The predicted octanol–water partition coefficient (Wildman–Crippen LogP) is 2.20. The summed E-state index contributed by atoms with van der Waals surface area (Å²) in [7, 11) is 1.68. The zero-order valence-corrected chi connectivity index (χ0v) is 14.6. The normalized spacial score (nSPS) is 17.9. The number of hydrogen-bond donors (Lipinski definition) is 0. The molecule has 0 aromatic heterocycles. The van der Waals surface area contributed by atoms with E-state index in [1.807, 2.05) is 18.2 Å². The van der Waals surface area contributed by atoms with Crippen LogP contribution in [0.4, 0.5) is 0 Å². The summed E-state index contributed by atoms with van der Waals surface area (Å²) >= 11 is 5.88. The van der Waals surface area contributed by atoms with Crippen LogP contribution in [0.1, 0.15) is 12.0 Å². The number of amides is 1. The molecule has 20 heavy (non-hydrogen) atoms. The number of ether oxygens (including phenoxy) is 1. The average molecular weight is 365 g/mol. The summed E-state index contributed by atoms with van der Waals surface area (Å²) < 4.78 is 5.17. The number of allylic oxidation sites excluding steroid dienone is 1. The minimum atomic E-state index is -0.535. The van der Waals surface area contributed by atoms with Crippen LogP contribution in [-0.2, 0) is 37.5 Å². The van der Waals surface area contributed by atoms with Gasteiger partial charge in [-0.15, -0.1) is 29.4 Å². The van der Waals surface area contributed by atoms with Crippen LogP contribution in [0.3, 0.4) is 0 Å². The Balaban J connectivity index is 0.00000200. The molecule has 1 heterocycles. The van der Waals surface area contributed by atoms with Gasteiger partial charge in [-0.3, -0.25) is 4.79 Å². The van der Waals surface area contributed by atoms with Gasteiger partial charge in [0, 0.05) is 39.8 Å². The van der Waals surface area contributed by atoms with Gasteiger partial charge in [-0.2, -0.15) is 10.8 Å². The fourth-order valence-corrected chi connectivity index (χ4v) is 2.06. The molecule has 0 aliphatic carbocycles. The third-order valence-corrected chi connectivity index (χ3v) is 3.15. The molecule has 0 saturated heterocycles. The molecule has 2 rings (SSSR count). The van der Waals surface area contributed by atoms with Crippen LogP contribution < -0.4 is 4.74 Å². The third-order valence-electron chi connectivity index (χ3n) is 2.81. The van der Waals surface area contributed by atoms with Crippen molar-refractivity contribution in [3.8, 4) is 11.8 Å². The summed E-state index contributed by atoms with van der Waals surface area (Å²) in [6, 6.07) is 9.07. The number of alkyl halides is 1. The quantitative estimate of drug-likeness (QED) is 0.610. The van der Waals surface area contributed by atoms with Crippen molar-refractivity contribution in [1.82, 2.24) is 4.90 Å². The van der Waals surface area contributed by atoms with E-state index in [-0.39, 0.29) is 45.2 Å². The molecule has 1 aromatic rings. The Bertz CT molecular complexity index is 551. The first-order chi connectivity index (χ1) is 9.13. The van der Waals surface area contributed by atoms with Crippen molar-refractivity contribution in [3.63, 3.8) is 0 Å². The Labute approximate surface area is 148 Å². The van der Waals surface area contributed by atoms with Crippen molar-refractivity contribution in [2.45, 2.75) is 11.8 Å². The Hall–Kier alpha value is -0.886. The first-order valence-corrected chi connectivity index (χ1v) is 6.20. The first-order valence-electron chi connectivity index (χ1n) is 5.76. The standard InChI is InChI=1S/C14H12ClN2O2.Y/c1-17-13(7-6-12(15)14(17)18)10-2-4-11(5-3-10)19-9-8-16;/h2-5,12H,6,9H2,1H3;/q-1;. The van der Waals surface area contributed by atoms with Crippen molar-refractivity contribution in [2.75, 3.05) is 13.7 Å². The number of carbonyl (C=O) groups excluding carboxylic acids is 1. The maximum absolute atomic E-state index is 11.8. The number of nitrogens with zero attached hydrogens (tertiary/aromatic N) is 2. The molecule has 1 amide bonds. The fourth-order valence-electron chi connectivity index (χ4n) is 1.83. The molecule has 1 aromatic carbocycles. The number of hydrogen-bond acceptors (Lipinski definition) is 3. The van der Waals surface area contributed by atoms with Gasteiger partial charge in [0.15, 0.2) is 6.61 Å². The SMILES string of the molecule is CN1C(=O)C(Cl)C[C-]=C1c1ccc(OCC#N)cc1.[Y]. The number of benzene rings is 1. The van der Waals surface area contributed by atoms with Crippen LogP contribution in [0.2, 0.25) is 0 Å². The summed E-state index contributed by atoms with van der Waals surface area (Å²) in [5.41, 5.74) is 1.58. The van der Waals surface area contributed by atoms with E-state index in [0.29, 0.717) is 17.9 Å². The molecule has 1 aliphatic rings. The zero-order valence-electron chi connectivity index (χ0n) is 11.0. The molecule has 0 saturated carbocycles. The van der Waals surface area contributed by atoms with Gasteiger partial charge in [-0.1, -0.05) is 6.42 Å². The zero-order chi connectivity index (χ0) is 13.8. The molecule has 4 nitrogen and oxygen atoms in total. The van der Waals surface area contributed by atoms with Crippen LogP contribution in [0.15, 0.2) is 24.3 Å². The van der Waals surface area contributed by atoms with Gasteiger partial charge in [-0.05, 0) is 12.1 Å². The van der Waals surface area contributed by atoms with E-state index in [4.69, 9.17) is 21.6 Å². The molecule has 0 fully saturated rings. The topological polar surface area (TPSA) is 53.3 Å². The summed E-state index contributed by atoms with van der Waals surface area (Å²) in [5, 5.41) is 7.89. The smallest absolute Gasteiger partial charge is 0.240 e. The van der Waals surface area contributed by atoms with E-state index in [2.05, 4.69) is 6.08 Å². The van der Waals surface area contributed by atoms with Crippen molar-refractivity contribution in [2.24, 2.45) is 0 Å². The van der Waals surface area contributed by atoms with Crippen LogP contribution in [0.25, 0.3) is 5.70 Å².